The Balaban J connectivity index is 1.34. The van der Waals surface area contributed by atoms with Gasteiger partial charge in [0.05, 0.1) is 29.5 Å². The Morgan fingerprint density at radius 3 is 2.18 bits per heavy atom. The predicted octanol–water partition coefficient (Wildman–Crippen LogP) is 5.01. The highest BCUT2D eigenvalue weighted by molar-refractivity contribution is 5.66. The van der Waals surface area contributed by atoms with Crippen molar-refractivity contribution in [3.8, 4) is 0 Å². The van der Waals surface area contributed by atoms with E-state index >= 15 is 0 Å². The van der Waals surface area contributed by atoms with E-state index in [-0.39, 0.29) is 57.1 Å². The molecule has 0 aromatic carbocycles. The summed E-state index contributed by atoms with van der Waals surface area (Å²) < 4.78 is 12.5. The molecule has 2 unspecified atom stereocenters. The molecule has 3 N–H and O–H groups in total. The molecule has 6 fully saturated rings. The molecule has 5 aliphatic carbocycles. The number of hydrogen-bond donors (Lipinski definition) is 3. The van der Waals surface area contributed by atoms with Crippen LogP contribution in [0.1, 0.15) is 113 Å². The Bertz CT molecular complexity index is 1020. The highest BCUT2D eigenvalue weighted by Gasteiger charge is 2.85. The molecule has 6 rings (SSSR count). The Morgan fingerprint density at radius 2 is 1.58 bits per heavy atom. The van der Waals surface area contributed by atoms with Gasteiger partial charge >= 0.3 is 5.97 Å². The lowest BCUT2D eigenvalue weighted by Gasteiger charge is -2.64. The van der Waals surface area contributed by atoms with Crippen LogP contribution in [-0.4, -0.2) is 56.9 Å². The second kappa shape index (κ2) is 7.77. The zero-order chi connectivity index (χ0) is 27.9. The third-order valence-electron chi connectivity index (χ3n) is 14.0. The van der Waals surface area contributed by atoms with Crippen LogP contribution >= 0.6 is 0 Å². The Morgan fingerprint density at radius 1 is 0.895 bits per heavy atom. The van der Waals surface area contributed by atoms with E-state index < -0.39 is 23.4 Å². The van der Waals surface area contributed by atoms with E-state index in [4.69, 9.17) is 9.47 Å². The molecule has 0 radical (unpaired) electrons. The van der Waals surface area contributed by atoms with Gasteiger partial charge in [-0.2, -0.15) is 0 Å². The van der Waals surface area contributed by atoms with Crippen LogP contribution in [0.3, 0.4) is 0 Å². The first-order valence-corrected chi connectivity index (χ1v) is 15.3. The van der Waals surface area contributed by atoms with Crippen LogP contribution in [0.15, 0.2) is 0 Å². The van der Waals surface area contributed by atoms with Crippen LogP contribution in [-0.2, 0) is 14.3 Å². The molecule has 6 heteroatoms. The number of rotatable bonds is 3. The maximum atomic E-state index is 11.9. The van der Waals surface area contributed by atoms with Gasteiger partial charge in [-0.05, 0) is 112 Å². The first kappa shape index (κ1) is 27.5. The van der Waals surface area contributed by atoms with Crippen molar-refractivity contribution in [2.24, 2.45) is 44.8 Å². The number of esters is 1. The summed E-state index contributed by atoms with van der Waals surface area (Å²) in [6, 6.07) is 0. The van der Waals surface area contributed by atoms with E-state index in [1.807, 2.05) is 13.8 Å². The molecule has 5 saturated carbocycles. The summed E-state index contributed by atoms with van der Waals surface area (Å²) in [4.78, 5) is 11.9. The minimum atomic E-state index is -0.900. The SMILES string of the molecule is CC(=O)O[C@H]1CC[C@]23CC24CC[C@]2(C)[C@@H]([C@@]5(C)CC[C@@H](C(C)(C)O)O5)[C@@H](O)C[C@@]2(C)C4C[C@H](O)[C@H]3C1(C)C. The van der Waals surface area contributed by atoms with E-state index in [0.717, 1.165) is 57.8 Å². The fraction of sp³-hybridized carbons (Fsp3) is 0.969. The Hall–Kier alpha value is -0.690. The molecule has 1 aliphatic heterocycles. The molecule has 12 atom stereocenters. The van der Waals surface area contributed by atoms with Crippen molar-refractivity contribution in [2.45, 2.75) is 149 Å². The summed E-state index contributed by atoms with van der Waals surface area (Å²) in [6.07, 6.45) is 7.16. The van der Waals surface area contributed by atoms with Gasteiger partial charge in [0, 0.05) is 18.3 Å². The number of aliphatic hydroxyl groups excluding tert-OH is 2. The summed E-state index contributed by atoms with van der Waals surface area (Å²) in [5.74, 6) is 0.262. The normalized spacial score (nSPS) is 56.9. The zero-order valence-corrected chi connectivity index (χ0v) is 25.0. The predicted molar refractivity (Wildman–Crippen MR) is 144 cm³/mol. The fourth-order valence-corrected chi connectivity index (χ4v) is 12.5. The van der Waals surface area contributed by atoms with Crippen molar-refractivity contribution in [3.05, 3.63) is 0 Å². The first-order valence-electron chi connectivity index (χ1n) is 15.3. The second-order valence-corrected chi connectivity index (χ2v) is 16.5. The van der Waals surface area contributed by atoms with E-state index in [9.17, 15) is 20.1 Å². The van der Waals surface area contributed by atoms with Gasteiger partial charge < -0.3 is 24.8 Å². The second-order valence-electron chi connectivity index (χ2n) is 16.5. The van der Waals surface area contributed by atoms with Crippen LogP contribution in [0.4, 0.5) is 0 Å². The average Bonchev–Trinajstić information content (AvgIpc) is 3.12. The number of fused-ring (bicyclic) bond motifs is 2. The van der Waals surface area contributed by atoms with Crippen molar-refractivity contribution in [2.75, 3.05) is 0 Å². The van der Waals surface area contributed by atoms with Gasteiger partial charge in [0.15, 0.2) is 0 Å². The molecule has 1 saturated heterocycles. The molecule has 216 valence electrons. The van der Waals surface area contributed by atoms with Gasteiger partial charge in [0.1, 0.15) is 6.10 Å². The molecule has 6 aliphatic rings. The maximum absolute atomic E-state index is 11.9. The van der Waals surface area contributed by atoms with Gasteiger partial charge in [-0.25, -0.2) is 0 Å². The highest BCUT2D eigenvalue weighted by Crippen LogP contribution is 2.89. The number of carbonyl (C=O) groups is 1. The number of aliphatic hydroxyl groups is 3. The topological polar surface area (TPSA) is 96.2 Å². The van der Waals surface area contributed by atoms with Crippen LogP contribution in [0, 0.1) is 44.8 Å². The molecule has 0 aromatic heterocycles. The average molecular weight is 533 g/mol. The van der Waals surface area contributed by atoms with Crippen LogP contribution < -0.4 is 0 Å². The summed E-state index contributed by atoms with van der Waals surface area (Å²) in [6.45, 7) is 16.6. The van der Waals surface area contributed by atoms with Crippen molar-refractivity contribution in [1.82, 2.24) is 0 Å². The molecule has 0 bridgehead atoms. The molecule has 6 nitrogen and oxygen atoms in total. The smallest absolute Gasteiger partial charge is 0.302 e. The summed E-state index contributed by atoms with van der Waals surface area (Å²) in [7, 11) is 0. The van der Waals surface area contributed by atoms with Crippen molar-refractivity contribution in [3.63, 3.8) is 0 Å². The minimum absolute atomic E-state index is 0.00501. The van der Waals surface area contributed by atoms with Crippen LogP contribution in [0.5, 0.6) is 0 Å². The van der Waals surface area contributed by atoms with E-state index in [2.05, 4.69) is 34.6 Å². The van der Waals surface area contributed by atoms with Gasteiger partial charge in [-0.3, -0.25) is 4.79 Å². The molecule has 38 heavy (non-hydrogen) atoms. The van der Waals surface area contributed by atoms with Gasteiger partial charge in [0.2, 0.25) is 0 Å². The lowest BCUT2D eigenvalue weighted by Crippen LogP contribution is -2.62. The monoisotopic (exact) mass is 532 g/mol. The van der Waals surface area contributed by atoms with E-state index in [1.54, 1.807) is 0 Å². The Labute approximate surface area is 229 Å². The third kappa shape index (κ3) is 3.18. The summed E-state index contributed by atoms with van der Waals surface area (Å²) in [5.41, 5.74) is -1.54. The van der Waals surface area contributed by atoms with Gasteiger partial charge in [-0.1, -0.05) is 27.7 Å². The number of carbonyl (C=O) groups excluding carboxylic acids is 1. The molecule has 1 heterocycles. The lowest BCUT2D eigenvalue weighted by atomic mass is 9.41. The van der Waals surface area contributed by atoms with Crippen molar-refractivity contribution >= 4 is 5.97 Å². The summed E-state index contributed by atoms with van der Waals surface area (Å²) >= 11 is 0. The van der Waals surface area contributed by atoms with Crippen LogP contribution in [0.2, 0.25) is 0 Å². The number of ether oxygens (including phenoxy) is 2. The van der Waals surface area contributed by atoms with Crippen molar-refractivity contribution in [1.29, 1.82) is 0 Å². The van der Waals surface area contributed by atoms with Gasteiger partial charge in [0.25, 0.3) is 0 Å². The molecule has 0 aromatic rings. The van der Waals surface area contributed by atoms with E-state index in [1.165, 1.54) is 6.92 Å². The summed E-state index contributed by atoms with van der Waals surface area (Å²) in [5, 5.41) is 34.4. The standard InChI is InChI=1S/C32H52O6/c1-18(33)37-22-10-12-32-17-31(32)14-13-28(6)25(30(8)11-9-23(38-30)27(4,5)36)20(35)16-29(28,7)21(31)15-19(34)24(32)26(22,2)3/h19-25,34-36H,9-17H2,1-8H3/t19-,20-,21?,22-,23-,24-,25-,28+,29-,30+,31?,32+/m0/s1. The molecular weight excluding hydrogens is 480 g/mol. The fourth-order valence-electron chi connectivity index (χ4n) is 12.5. The van der Waals surface area contributed by atoms with Gasteiger partial charge in [-0.15, -0.1) is 0 Å². The third-order valence-corrected chi connectivity index (χ3v) is 14.0. The van der Waals surface area contributed by atoms with Crippen molar-refractivity contribution < 1.29 is 29.6 Å². The molecular formula is C32H52O6. The highest BCUT2D eigenvalue weighted by atomic mass is 16.5. The largest absolute Gasteiger partial charge is 0.462 e. The quantitative estimate of drug-likeness (QED) is 0.443. The number of hydrogen-bond acceptors (Lipinski definition) is 6. The lowest BCUT2D eigenvalue weighted by molar-refractivity contribution is -0.217. The Kier molecular flexibility index (Phi) is 5.62. The molecule has 0 amide bonds. The minimum Gasteiger partial charge on any atom is -0.462 e. The zero-order valence-electron chi connectivity index (χ0n) is 25.0. The first-order chi connectivity index (χ1) is 17.4. The maximum Gasteiger partial charge on any atom is 0.302 e. The van der Waals surface area contributed by atoms with E-state index in [0.29, 0.717) is 5.92 Å². The van der Waals surface area contributed by atoms with Crippen LogP contribution in [0.25, 0.3) is 0 Å². The molecule has 2 spiro atoms.